The smallest absolute Gasteiger partial charge is 0.0877 e. The van der Waals surface area contributed by atoms with Gasteiger partial charge in [0, 0.05) is 13.1 Å². The maximum atomic E-state index is 9.40. The number of nitrogens with zero attached hydrogens (tertiary/aromatic N) is 4. The summed E-state index contributed by atoms with van der Waals surface area (Å²) < 4.78 is 0. The second-order valence-corrected chi connectivity index (χ2v) is 3.13. The van der Waals surface area contributed by atoms with Gasteiger partial charge in [0.1, 0.15) is 0 Å². The molecule has 0 unspecified atom stereocenters. The molecule has 0 radical (unpaired) electrons. The number of hydrogen-bond acceptors (Lipinski definition) is 5. The molecule has 0 aromatic rings. The predicted octanol–water partition coefficient (Wildman–Crippen LogP) is -1.03. The minimum atomic E-state index is -0.449. The molecule has 13 heavy (non-hydrogen) atoms. The van der Waals surface area contributed by atoms with Crippen molar-refractivity contribution in [2.45, 2.75) is 6.10 Å². The van der Waals surface area contributed by atoms with Crippen LogP contribution in [0.3, 0.4) is 0 Å². The topological polar surface area (TPSA) is 74.3 Å². The lowest BCUT2D eigenvalue weighted by Gasteiger charge is -2.35. The molecule has 1 aliphatic heterocycles. The van der Waals surface area contributed by atoms with Crippen molar-refractivity contribution in [2.24, 2.45) is 0 Å². The standard InChI is InChI=1S/C8H12N4O/c9-1-3-11-5-8(13)6-12(7-11)4-2-10/h8,13H,3-7H2. The molecule has 0 atom stereocenters. The minimum absolute atomic E-state index is 0.305. The zero-order chi connectivity index (χ0) is 9.68. The van der Waals surface area contributed by atoms with Crippen molar-refractivity contribution in [2.75, 3.05) is 32.8 Å². The van der Waals surface area contributed by atoms with Gasteiger partial charge >= 0.3 is 0 Å². The van der Waals surface area contributed by atoms with Crippen LogP contribution in [0.4, 0.5) is 0 Å². The van der Waals surface area contributed by atoms with Crippen LogP contribution in [0.2, 0.25) is 0 Å². The quantitative estimate of drug-likeness (QED) is 0.550. The first-order valence-electron chi connectivity index (χ1n) is 4.13. The number of aliphatic hydroxyl groups is 1. The van der Waals surface area contributed by atoms with Crippen LogP contribution in [0, 0.1) is 22.7 Å². The molecule has 1 rings (SSSR count). The van der Waals surface area contributed by atoms with Crippen LogP contribution >= 0.6 is 0 Å². The summed E-state index contributed by atoms with van der Waals surface area (Å²) in [5, 5.41) is 26.3. The van der Waals surface area contributed by atoms with Gasteiger partial charge < -0.3 is 5.11 Å². The number of hydrogen-bond donors (Lipinski definition) is 1. The van der Waals surface area contributed by atoms with Gasteiger partial charge in [0.25, 0.3) is 0 Å². The third-order valence-corrected chi connectivity index (χ3v) is 1.93. The van der Waals surface area contributed by atoms with Gasteiger partial charge in [-0.3, -0.25) is 9.80 Å². The molecule has 1 heterocycles. The summed E-state index contributed by atoms with van der Waals surface area (Å²) in [5.41, 5.74) is 0. The van der Waals surface area contributed by atoms with E-state index in [1.165, 1.54) is 0 Å². The number of nitriles is 2. The van der Waals surface area contributed by atoms with Gasteiger partial charge in [-0.15, -0.1) is 0 Å². The van der Waals surface area contributed by atoms with Crippen LogP contribution in [0.15, 0.2) is 0 Å². The molecule has 0 spiro atoms. The molecule has 5 nitrogen and oxygen atoms in total. The summed E-state index contributed by atoms with van der Waals surface area (Å²) in [6.07, 6.45) is -0.449. The Labute approximate surface area is 77.4 Å². The van der Waals surface area contributed by atoms with E-state index in [1.54, 1.807) is 0 Å². The molecule has 70 valence electrons. The fourth-order valence-corrected chi connectivity index (χ4v) is 1.48. The average Bonchev–Trinajstić information content (AvgIpc) is 2.04. The molecule has 5 heteroatoms. The minimum Gasteiger partial charge on any atom is -0.390 e. The Balaban J connectivity index is 2.44. The van der Waals surface area contributed by atoms with Gasteiger partial charge in [-0.1, -0.05) is 0 Å². The van der Waals surface area contributed by atoms with E-state index < -0.39 is 6.10 Å². The Bertz CT molecular complexity index is 218. The maximum Gasteiger partial charge on any atom is 0.0877 e. The van der Waals surface area contributed by atoms with Crippen molar-refractivity contribution in [1.29, 1.82) is 10.5 Å². The molecule has 0 aromatic carbocycles. The normalized spacial score (nSPS) is 20.8. The van der Waals surface area contributed by atoms with Crippen molar-refractivity contribution in [3.8, 4) is 12.1 Å². The number of aliphatic hydroxyl groups excluding tert-OH is 1. The van der Waals surface area contributed by atoms with Crippen LogP contribution in [-0.4, -0.2) is 53.9 Å². The Morgan fingerprint density at radius 1 is 1.15 bits per heavy atom. The van der Waals surface area contributed by atoms with Crippen molar-refractivity contribution >= 4 is 0 Å². The highest BCUT2D eigenvalue weighted by Crippen LogP contribution is 2.04. The summed E-state index contributed by atoms with van der Waals surface area (Å²) in [4.78, 5) is 3.65. The molecular formula is C8H12N4O. The Morgan fingerprint density at radius 2 is 1.62 bits per heavy atom. The van der Waals surface area contributed by atoms with E-state index in [-0.39, 0.29) is 0 Å². The van der Waals surface area contributed by atoms with Crippen molar-refractivity contribution in [3.05, 3.63) is 0 Å². The van der Waals surface area contributed by atoms with E-state index in [2.05, 4.69) is 0 Å². The third kappa shape index (κ3) is 3.00. The van der Waals surface area contributed by atoms with Gasteiger partial charge in [-0.2, -0.15) is 10.5 Å². The lowest BCUT2D eigenvalue weighted by molar-refractivity contribution is 0.00543. The zero-order valence-corrected chi connectivity index (χ0v) is 7.35. The lowest BCUT2D eigenvalue weighted by atomic mass is 10.2. The lowest BCUT2D eigenvalue weighted by Crippen LogP contribution is -2.52. The van der Waals surface area contributed by atoms with Gasteiger partial charge in [-0.05, 0) is 0 Å². The van der Waals surface area contributed by atoms with Crippen molar-refractivity contribution in [1.82, 2.24) is 9.80 Å². The molecule has 0 saturated carbocycles. The van der Waals surface area contributed by atoms with Gasteiger partial charge in [-0.25, -0.2) is 0 Å². The number of rotatable bonds is 2. The molecule has 0 bridgehead atoms. The largest absolute Gasteiger partial charge is 0.390 e. The predicted molar refractivity (Wildman–Crippen MR) is 45.2 cm³/mol. The molecule has 0 aliphatic carbocycles. The van der Waals surface area contributed by atoms with E-state index in [0.717, 1.165) is 0 Å². The van der Waals surface area contributed by atoms with Gasteiger partial charge in [0.15, 0.2) is 0 Å². The highest BCUT2D eigenvalue weighted by atomic mass is 16.3. The van der Waals surface area contributed by atoms with Crippen LogP contribution in [0.25, 0.3) is 0 Å². The molecule has 1 aliphatic rings. The Hall–Kier alpha value is -1.14. The highest BCUT2D eigenvalue weighted by Gasteiger charge is 2.22. The highest BCUT2D eigenvalue weighted by molar-refractivity contribution is 4.86. The van der Waals surface area contributed by atoms with Crippen LogP contribution in [0.1, 0.15) is 0 Å². The van der Waals surface area contributed by atoms with Crippen LogP contribution in [0.5, 0.6) is 0 Å². The first-order valence-corrected chi connectivity index (χ1v) is 4.13. The fraction of sp³-hybridized carbons (Fsp3) is 0.750. The van der Waals surface area contributed by atoms with E-state index in [0.29, 0.717) is 32.8 Å². The molecule has 1 fully saturated rings. The summed E-state index contributed by atoms with van der Waals surface area (Å²) in [7, 11) is 0. The van der Waals surface area contributed by atoms with Gasteiger partial charge in [0.05, 0.1) is 38.0 Å². The maximum absolute atomic E-state index is 9.40. The van der Waals surface area contributed by atoms with Crippen LogP contribution < -0.4 is 0 Å². The van der Waals surface area contributed by atoms with E-state index >= 15 is 0 Å². The average molecular weight is 180 g/mol. The first-order chi connectivity index (χ1) is 6.26. The SMILES string of the molecule is N#CCN1CC(O)CN(CC#N)C1. The molecule has 0 amide bonds. The first kappa shape index (κ1) is 9.94. The fourth-order valence-electron chi connectivity index (χ4n) is 1.48. The van der Waals surface area contributed by atoms with Crippen molar-refractivity contribution < 1.29 is 5.11 Å². The van der Waals surface area contributed by atoms with E-state index in [1.807, 2.05) is 21.9 Å². The molecule has 0 aromatic heterocycles. The third-order valence-electron chi connectivity index (χ3n) is 1.93. The number of β-amino-alcohol motifs (C(OH)–C–C–N with tert-alkyl or cyclic N) is 1. The summed E-state index contributed by atoms with van der Waals surface area (Å²) >= 11 is 0. The summed E-state index contributed by atoms with van der Waals surface area (Å²) in [6.45, 7) is 2.25. The summed E-state index contributed by atoms with van der Waals surface area (Å²) in [5.74, 6) is 0. The van der Waals surface area contributed by atoms with Gasteiger partial charge in [0.2, 0.25) is 0 Å². The molecule has 1 N–H and O–H groups in total. The monoisotopic (exact) mass is 180 g/mol. The zero-order valence-electron chi connectivity index (χ0n) is 7.35. The van der Waals surface area contributed by atoms with E-state index in [9.17, 15) is 5.11 Å². The Morgan fingerprint density at radius 3 is 2.00 bits per heavy atom. The molecule has 1 saturated heterocycles. The molecular weight excluding hydrogens is 168 g/mol. The summed E-state index contributed by atoms with van der Waals surface area (Å²) in [6, 6.07) is 4.05. The van der Waals surface area contributed by atoms with E-state index in [4.69, 9.17) is 10.5 Å². The van der Waals surface area contributed by atoms with Crippen LogP contribution in [-0.2, 0) is 0 Å². The second-order valence-electron chi connectivity index (χ2n) is 3.13. The van der Waals surface area contributed by atoms with Crippen molar-refractivity contribution in [3.63, 3.8) is 0 Å². The second kappa shape index (κ2) is 4.78. The Kier molecular flexibility index (Phi) is 3.66.